The zero-order valence-corrected chi connectivity index (χ0v) is 9.49. The largest absolute Gasteiger partial charge is 0.490 e. The van der Waals surface area contributed by atoms with E-state index in [-0.39, 0.29) is 5.56 Å². The van der Waals surface area contributed by atoms with Crippen molar-refractivity contribution in [1.29, 1.82) is 0 Å². The summed E-state index contributed by atoms with van der Waals surface area (Å²) in [5, 5.41) is 3.97. The van der Waals surface area contributed by atoms with Crippen LogP contribution in [0, 0.1) is 0 Å². The molecule has 0 fully saturated rings. The monoisotopic (exact) mass is 249 g/mol. The Hall–Kier alpha value is -2.68. The predicted octanol–water partition coefficient (Wildman–Crippen LogP) is -0.945. The van der Waals surface area contributed by atoms with E-state index in [1.54, 1.807) is 0 Å². The van der Waals surface area contributed by atoms with Crippen LogP contribution in [0.3, 0.4) is 0 Å². The molecule has 9 heteroatoms. The number of carbonyl (C=O) groups is 1. The first-order valence-corrected chi connectivity index (χ1v) is 4.87. The first kappa shape index (κ1) is 11.8. The van der Waals surface area contributed by atoms with Crippen LogP contribution in [0.4, 0.5) is 5.82 Å². The second-order valence-electron chi connectivity index (χ2n) is 3.26. The molecule has 0 aliphatic heterocycles. The van der Waals surface area contributed by atoms with Gasteiger partial charge in [0.1, 0.15) is 6.33 Å². The Morgan fingerprint density at radius 3 is 2.83 bits per heavy atom. The van der Waals surface area contributed by atoms with Gasteiger partial charge in [-0.3, -0.25) is 4.79 Å². The van der Waals surface area contributed by atoms with Gasteiger partial charge in [-0.1, -0.05) is 0 Å². The van der Waals surface area contributed by atoms with E-state index in [9.17, 15) is 4.79 Å². The molecule has 0 unspecified atom stereocenters. The summed E-state index contributed by atoms with van der Waals surface area (Å²) in [6, 6.07) is 0. The minimum absolute atomic E-state index is 0.262. The van der Waals surface area contributed by atoms with Crippen LogP contribution in [0.15, 0.2) is 18.7 Å². The molecule has 2 aromatic rings. The van der Waals surface area contributed by atoms with E-state index in [0.29, 0.717) is 17.4 Å². The third-order valence-electron chi connectivity index (χ3n) is 2.21. The number of nitrogens with two attached hydrogens (primary N) is 2. The Labute approximate surface area is 102 Å². The number of ether oxygens (including phenoxy) is 1. The van der Waals surface area contributed by atoms with Gasteiger partial charge in [-0.2, -0.15) is 5.10 Å². The second-order valence-corrected chi connectivity index (χ2v) is 3.26. The number of aromatic nitrogens is 4. The van der Waals surface area contributed by atoms with Gasteiger partial charge in [0.05, 0.1) is 18.9 Å². The van der Waals surface area contributed by atoms with Crippen molar-refractivity contribution >= 4 is 11.7 Å². The van der Waals surface area contributed by atoms with Gasteiger partial charge in [-0.15, -0.1) is 0 Å². The predicted molar refractivity (Wildman–Crippen MR) is 62.0 cm³/mol. The van der Waals surface area contributed by atoms with E-state index >= 15 is 0 Å². The molecular weight excluding hydrogens is 238 g/mol. The van der Waals surface area contributed by atoms with Gasteiger partial charge in [0.15, 0.2) is 5.82 Å². The molecule has 0 aromatic carbocycles. The summed E-state index contributed by atoms with van der Waals surface area (Å²) < 4.78 is 6.50. The number of anilines is 1. The number of hydrogen-bond acceptors (Lipinski definition) is 7. The fourth-order valence-electron chi connectivity index (χ4n) is 1.38. The molecule has 0 aliphatic carbocycles. The molecule has 0 aliphatic rings. The average Bonchev–Trinajstić information content (AvgIpc) is 2.87. The highest BCUT2D eigenvalue weighted by Crippen LogP contribution is 2.26. The van der Waals surface area contributed by atoms with E-state index in [0.717, 1.165) is 0 Å². The highest BCUT2D eigenvalue weighted by molar-refractivity contribution is 5.92. The number of hydrazine groups is 1. The number of hydrogen-bond donors (Lipinski definition) is 3. The lowest BCUT2D eigenvalue weighted by atomic mass is 10.3. The summed E-state index contributed by atoms with van der Waals surface area (Å²) in [4.78, 5) is 18.9. The first-order valence-electron chi connectivity index (χ1n) is 4.87. The van der Waals surface area contributed by atoms with Crippen LogP contribution < -0.4 is 21.7 Å². The maximum absolute atomic E-state index is 11.0. The molecule has 0 atom stereocenters. The third-order valence-corrected chi connectivity index (χ3v) is 2.21. The van der Waals surface area contributed by atoms with Gasteiger partial charge in [0.25, 0.3) is 5.91 Å². The molecule has 0 bridgehead atoms. The highest BCUT2D eigenvalue weighted by Gasteiger charge is 2.15. The number of nitrogens with one attached hydrogen (secondary N) is 1. The second kappa shape index (κ2) is 4.67. The Bertz CT molecular complexity index is 580. The molecular formula is C9H11N7O2. The Kier molecular flexibility index (Phi) is 3.06. The standard InChI is InChI=1S/C9H11N7O2/c1-18-6-8(15-11)12-4-13-9(6)16-3-5(2-14-16)7(10)17/h2-4H,11H2,1H3,(H2,10,17)(H,12,13,15). The molecule has 2 rings (SSSR count). The first-order chi connectivity index (χ1) is 8.67. The zero-order chi connectivity index (χ0) is 13.1. The quantitative estimate of drug-likeness (QED) is 0.470. The number of methoxy groups -OCH3 is 1. The molecule has 0 saturated heterocycles. The molecule has 0 radical (unpaired) electrons. The molecule has 0 saturated carbocycles. The topological polar surface area (TPSA) is 134 Å². The van der Waals surface area contributed by atoms with Crippen LogP contribution in [-0.4, -0.2) is 32.8 Å². The van der Waals surface area contributed by atoms with Crippen molar-refractivity contribution in [2.45, 2.75) is 0 Å². The van der Waals surface area contributed by atoms with Crippen molar-refractivity contribution in [3.63, 3.8) is 0 Å². The van der Waals surface area contributed by atoms with Crippen LogP contribution in [0.2, 0.25) is 0 Å². The summed E-state index contributed by atoms with van der Waals surface area (Å²) in [5.41, 5.74) is 7.78. The van der Waals surface area contributed by atoms with E-state index in [1.807, 2.05) is 0 Å². The van der Waals surface area contributed by atoms with Gasteiger partial charge >= 0.3 is 0 Å². The van der Waals surface area contributed by atoms with Crippen molar-refractivity contribution < 1.29 is 9.53 Å². The summed E-state index contributed by atoms with van der Waals surface area (Å²) >= 11 is 0. The van der Waals surface area contributed by atoms with Crippen LogP contribution in [0.25, 0.3) is 5.82 Å². The van der Waals surface area contributed by atoms with Crippen molar-refractivity contribution in [1.82, 2.24) is 19.7 Å². The summed E-state index contributed by atoms with van der Waals surface area (Å²) in [5.74, 6) is 5.67. The van der Waals surface area contributed by atoms with E-state index in [2.05, 4.69) is 20.5 Å². The van der Waals surface area contributed by atoms with Crippen LogP contribution in [-0.2, 0) is 0 Å². The Morgan fingerprint density at radius 2 is 2.28 bits per heavy atom. The number of amides is 1. The maximum Gasteiger partial charge on any atom is 0.251 e. The van der Waals surface area contributed by atoms with Gasteiger partial charge in [-0.25, -0.2) is 20.5 Å². The molecule has 2 aromatic heterocycles. The Morgan fingerprint density at radius 1 is 1.50 bits per heavy atom. The van der Waals surface area contributed by atoms with Crippen LogP contribution in [0.5, 0.6) is 5.75 Å². The SMILES string of the molecule is COc1c(NN)ncnc1-n1cc(C(N)=O)cn1. The summed E-state index contributed by atoms with van der Waals surface area (Å²) in [6.45, 7) is 0. The fraction of sp³-hybridized carbons (Fsp3) is 0.111. The fourth-order valence-corrected chi connectivity index (χ4v) is 1.38. The number of nitrogens with zero attached hydrogens (tertiary/aromatic N) is 4. The Balaban J connectivity index is 2.52. The third kappa shape index (κ3) is 1.94. The summed E-state index contributed by atoms with van der Waals surface area (Å²) in [6.07, 6.45) is 4.06. The van der Waals surface area contributed by atoms with Gasteiger partial charge in [-0.05, 0) is 0 Å². The van der Waals surface area contributed by atoms with Crippen molar-refractivity contribution in [2.24, 2.45) is 11.6 Å². The molecule has 1 amide bonds. The molecule has 0 spiro atoms. The number of rotatable bonds is 4. The van der Waals surface area contributed by atoms with E-state index in [4.69, 9.17) is 16.3 Å². The van der Waals surface area contributed by atoms with E-state index in [1.165, 1.54) is 30.5 Å². The lowest BCUT2D eigenvalue weighted by molar-refractivity contribution is 0.100. The van der Waals surface area contributed by atoms with E-state index < -0.39 is 5.91 Å². The van der Waals surface area contributed by atoms with Gasteiger partial charge in [0.2, 0.25) is 11.6 Å². The zero-order valence-electron chi connectivity index (χ0n) is 9.49. The van der Waals surface area contributed by atoms with Crippen LogP contribution >= 0.6 is 0 Å². The lowest BCUT2D eigenvalue weighted by Crippen LogP contribution is -2.13. The number of carbonyl (C=O) groups excluding carboxylic acids is 1. The highest BCUT2D eigenvalue weighted by atomic mass is 16.5. The molecule has 2 heterocycles. The minimum atomic E-state index is -0.577. The van der Waals surface area contributed by atoms with Gasteiger partial charge in [0, 0.05) is 6.20 Å². The minimum Gasteiger partial charge on any atom is -0.490 e. The molecule has 94 valence electrons. The van der Waals surface area contributed by atoms with Crippen molar-refractivity contribution in [3.05, 3.63) is 24.3 Å². The molecule has 18 heavy (non-hydrogen) atoms. The average molecular weight is 249 g/mol. The summed E-state index contributed by atoms with van der Waals surface area (Å²) in [7, 11) is 1.45. The normalized spacial score (nSPS) is 10.1. The smallest absolute Gasteiger partial charge is 0.251 e. The molecule has 9 nitrogen and oxygen atoms in total. The van der Waals surface area contributed by atoms with Crippen LogP contribution in [0.1, 0.15) is 10.4 Å². The van der Waals surface area contributed by atoms with Crippen molar-refractivity contribution in [2.75, 3.05) is 12.5 Å². The van der Waals surface area contributed by atoms with Gasteiger partial charge < -0.3 is 15.9 Å². The molecule has 5 N–H and O–H groups in total. The maximum atomic E-state index is 11.0. The number of primary amides is 1. The lowest BCUT2D eigenvalue weighted by Gasteiger charge is -2.10. The van der Waals surface area contributed by atoms with Crippen molar-refractivity contribution in [3.8, 4) is 11.6 Å². The number of nitrogen functional groups attached to an aromatic ring is 1.